The van der Waals surface area contributed by atoms with Gasteiger partial charge in [-0.2, -0.15) is 0 Å². The molecule has 0 radical (unpaired) electrons. The molecule has 6 heteroatoms. The maximum absolute atomic E-state index is 12.9. The number of unbranched alkanes of at least 4 members (excludes halogenated alkanes) is 16. The zero-order valence-electron chi connectivity index (χ0n) is 50.6. The number of esters is 3. The summed E-state index contributed by atoms with van der Waals surface area (Å²) in [6.07, 6.45) is 96.3. The van der Waals surface area contributed by atoms with Gasteiger partial charge in [0.25, 0.3) is 0 Å². The van der Waals surface area contributed by atoms with E-state index in [1.165, 1.54) is 51.4 Å². The summed E-state index contributed by atoms with van der Waals surface area (Å²) in [6, 6.07) is 0. The normalized spacial score (nSPS) is 13.3. The number of carbonyl (C=O) groups is 3. The van der Waals surface area contributed by atoms with Gasteiger partial charge in [-0.15, -0.1) is 0 Å². The van der Waals surface area contributed by atoms with Gasteiger partial charge in [0.15, 0.2) is 6.10 Å². The van der Waals surface area contributed by atoms with Crippen molar-refractivity contribution in [2.24, 2.45) is 0 Å². The molecule has 0 N–H and O–H groups in total. The minimum absolute atomic E-state index is 0.115. The Balaban J connectivity index is 4.55. The Kier molecular flexibility index (Phi) is 61.0. The fourth-order valence-electron chi connectivity index (χ4n) is 8.01. The summed E-state index contributed by atoms with van der Waals surface area (Å²) in [6.45, 7) is 6.32. The SMILES string of the molecule is CC/C=C\C/C=C\C/C=C\C/C=C\C/C=C\C/C=C\C/C=C\CCCCCC(=O)OCC(COC(=O)CCCCCCCCC/C=C\C/C=C\CCCCC)OC(=O)CCCCC/C=C\C/C=C\C/C=C\C/C=C\C/C=C\CC. The minimum Gasteiger partial charge on any atom is -0.462 e. The molecule has 0 fully saturated rings. The minimum atomic E-state index is -0.824. The maximum Gasteiger partial charge on any atom is 0.306 e. The summed E-state index contributed by atoms with van der Waals surface area (Å²) in [5.74, 6) is -0.994. The standard InChI is InChI=1S/C73H114O6/c1-4-7-10-13-16-19-22-25-28-31-33-34-35-36-37-38-40-42-45-48-51-54-57-60-63-66-72(75)78-69-70(68-77-71(74)65-62-59-56-53-50-47-44-41-30-27-24-21-18-15-12-9-6-3)79-73(76)67-64-61-58-55-52-49-46-43-39-32-29-26-23-20-17-14-11-8-5-2/h7-8,10-11,16-21,25-30,33-34,36-37,39-40,42-43,48-49,51-52,70H,4-6,9,12-15,22-24,31-32,35,38,41,44-47,50,53-69H2,1-3H3/b10-7-,11-8-,19-16-,20-17-,21-18-,28-25-,29-26-,30-27-,34-33-,37-36-,42-40-,43-39-,51-48-,52-49-. The monoisotopic (exact) mass is 1090 g/mol. The summed E-state index contributed by atoms with van der Waals surface area (Å²) in [4.78, 5) is 38.3. The van der Waals surface area contributed by atoms with Crippen LogP contribution < -0.4 is 0 Å². The van der Waals surface area contributed by atoms with Gasteiger partial charge in [0.05, 0.1) is 0 Å². The third-order valence-electron chi connectivity index (χ3n) is 12.7. The van der Waals surface area contributed by atoms with Crippen LogP contribution in [0, 0.1) is 0 Å². The van der Waals surface area contributed by atoms with E-state index in [0.717, 1.165) is 154 Å². The third kappa shape index (κ3) is 63.5. The van der Waals surface area contributed by atoms with Gasteiger partial charge in [-0.25, -0.2) is 0 Å². The van der Waals surface area contributed by atoms with E-state index in [0.29, 0.717) is 19.3 Å². The molecule has 0 aromatic heterocycles. The van der Waals surface area contributed by atoms with E-state index in [-0.39, 0.29) is 37.5 Å². The van der Waals surface area contributed by atoms with Crippen molar-refractivity contribution in [3.05, 3.63) is 170 Å². The third-order valence-corrected chi connectivity index (χ3v) is 12.7. The van der Waals surface area contributed by atoms with E-state index in [4.69, 9.17) is 14.2 Å². The molecular weight excluding hydrogens is 973 g/mol. The van der Waals surface area contributed by atoms with Crippen LogP contribution in [0.4, 0.5) is 0 Å². The Hall–Kier alpha value is -5.23. The zero-order valence-corrected chi connectivity index (χ0v) is 50.6. The molecule has 0 spiro atoms. The first-order valence-electron chi connectivity index (χ1n) is 31.6. The van der Waals surface area contributed by atoms with Gasteiger partial charge in [-0.1, -0.05) is 249 Å². The van der Waals surface area contributed by atoms with Gasteiger partial charge in [0.2, 0.25) is 0 Å². The molecular formula is C73H114O6. The lowest BCUT2D eigenvalue weighted by Crippen LogP contribution is -2.30. The number of ether oxygens (including phenoxy) is 3. The van der Waals surface area contributed by atoms with Crippen LogP contribution in [-0.4, -0.2) is 37.2 Å². The van der Waals surface area contributed by atoms with Gasteiger partial charge in [-0.05, 0) is 154 Å². The van der Waals surface area contributed by atoms with Gasteiger partial charge >= 0.3 is 17.9 Å². The van der Waals surface area contributed by atoms with Crippen molar-refractivity contribution >= 4 is 17.9 Å². The van der Waals surface area contributed by atoms with Crippen LogP contribution in [0.1, 0.15) is 252 Å². The summed E-state index contributed by atoms with van der Waals surface area (Å²) in [7, 11) is 0. The first-order valence-corrected chi connectivity index (χ1v) is 31.6. The van der Waals surface area contributed by atoms with E-state index < -0.39 is 6.10 Å². The second kappa shape index (κ2) is 65.3. The molecule has 6 nitrogen and oxygen atoms in total. The molecule has 0 saturated carbocycles. The van der Waals surface area contributed by atoms with Crippen molar-refractivity contribution in [3.63, 3.8) is 0 Å². The number of allylic oxidation sites excluding steroid dienone is 28. The molecule has 0 aliphatic carbocycles. The van der Waals surface area contributed by atoms with Crippen LogP contribution in [0.3, 0.4) is 0 Å². The van der Waals surface area contributed by atoms with Crippen molar-refractivity contribution in [1.29, 1.82) is 0 Å². The lowest BCUT2D eigenvalue weighted by atomic mass is 10.1. The average Bonchev–Trinajstić information content (AvgIpc) is 3.45. The number of hydrogen-bond acceptors (Lipinski definition) is 6. The Morgan fingerprint density at radius 3 is 0.785 bits per heavy atom. The Labute approximate surface area is 485 Å². The quantitative estimate of drug-likeness (QED) is 0.0261. The largest absolute Gasteiger partial charge is 0.462 e. The predicted octanol–water partition coefficient (Wildman–Crippen LogP) is 21.9. The first-order chi connectivity index (χ1) is 39.0. The van der Waals surface area contributed by atoms with Crippen molar-refractivity contribution in [3.8, 4) is 0 Å². The molecule has 442 valence electrons. The number of carbonyl (C=O) groups excluding carboxylic acids is 3. The lowest BCUT2D eigenvalue weighted by Gasteiger charge is -2.18. The van der Waals surface area contributed by atoms with Gasteiger partial charge in [0, 0.05) is 19.3 Å². The molecule has 0 amide bonds. The van der Waals surface area contributed by atoms with Crippen LogP contribution in [0.15, 0.2) is 170 Å². The molecule has 0 rings (SSSR count). The van der Waals surface area contributed by atoms with E-state index in [9.17, 15) is 14.4 Å². The van der Waals surface area contributed by atoms with Crippen molar-refractivity contribution < 1.29 is 28.6 Å². The summed E-state index contributed by atoms with van der Waals surface area (Å²) < 4.78 is 16.9. The van der Waals surface area contributed by atoms with E-state index in [2.05, 4.69) is 191 Å². The lowest BCUT2D eigenvalue weighted by molar-refractivity contribution is -0.167. The van der Waals surface area contributed by atoms with Crippen molar-refractivity contribution in [1.82, 2.24) is 0 Å². The fraction of sp³-hybridized carbons (Fsp3) is 0.575. The van der Waals surface area contributed by atoms with E-state index in [1.807, 2.05) is 0 Å². The highest BCUT2D eigenvalue weighted by Crippen LogP contribution is 2.13. The highest BCUT2D eigenvalue weighted by Gasteiger charge is 2.19. The van der Waals surface area contributed by atoms with E-state index >= 15 is 0 Å². The Bertz CT molecular complexity index is 1820. The van der Waals surface area contributed by atoms with Crippen molar-refractivity contribution in [2.75, 3.05) is 13.2 Å². The first kappa shape index (κ1) is 73.8. The second-order valence-corrected chi connectivity index (χ2v) is 20.2. The highest BCUT2D eigenvalue weighted by atomic mass is 16.6. The molecule has 1 atom stereocenters. The van der Waals surface area contributed by atoms with Gasteiger partial charge in [0.1, 0.15) is 13.2 Å². The van der Waals surface area contributed by atoms with Crippen LogP contribution in [0.2, 0.25) is 0 Å². The summed E-state index contributed by atoms with van der Waals surface area (Å²) in [5, 5.41) is 0. The van der Waals surface area contributed by atoms with Crippen LogP contribution >= 0.6 is 0 Å². The van der Waals surface area contributed by atoms with Crippen LogP contribution in [0.25, 0.3) is 0 Å². The zero-order chi connectivity index (χ0) is 57.1. The van der Waals surface area contributed by atoms with Crippen LogP contribution in [-0.2, 0) is 28.6 Å². The fourth-order valence-corrected chi connectivity index (χ4v) is 8.01. The molecule has 79 heavy (non-hydrogen) atoms. The number of rotatable bonds is 55. The van der Waals surface area contributed by atoms with Gasteiger partial charge < -0.3 is 14.2 Å². The molecule has 0 aromatic carbocycles. The van der Waals surface area contributed by atoms with Crippen molar-refractivity contribution in [2.45, 2.75) is 258 Å². The Morgan fingerprint density at radius 1 is 0.266 bits per heavy atom. The average molecular weight is 1090 g/mol. The Morgan fingerprint density at radius 2 is 0.494 bits per heavy atom. The number of hydrogen-bond donors (Lipinski definition) is 0. The molecule has 0 aromatic rings. The highest BCUT2D eigenvalue weighted by molar-refractivity contribution is 5.71. The topological polar surface area (TPSA) is 78.9 Å². The molecule has 0 aliphatic rings. The van der Waals surface area contributed by atoms with E-state index in [1.54, 1.807) is 0 Å². The maximum atomic E-state index is 12.9. The predicted molar refractivity (Wildman–Crippen MR) is 343 cm³/mol. The second-order valence-electron chi connectivity index (χ2n) is 20.2. The summed E-state index contributed by atoms with van der Waals surface area (Å²) >= 11 is 0. The molecule has 1 unspecified atom stereocenters. The smallest absolute Gasteiger partial charge is 0.306 e. The molecule has 0 heterocycles. The molecule has 0 saturated heterocycles. The molecule has 0 bridgehead atoms. The summed E-state index contributed by atoms with van der Waals surface area (Å²) in [5.41, 5.74) is 0. The van der Waals surface area contributed by atoms with Crippen LogP contribution in [0.5, 0.6) is 0 Å². The van der Waals surface area contributed by atoms with Gasteiger partial charge in [-0.3, -0.25) is 14.4 Å². The molecule has 0 aliphatic heterocycles.